The quantitative estimate of drug-likeness (QED) is 0.851. The fourth-order valence-corrected chi connectivity index (χ4v) is 2.54. The Balaban J connectivity index is 3.40. The molecule has 0 saturated carbocycles. The number of aryl methyl sites for hydroxylation is 2. The Hall–Kier alpha value is -1.13. The van der Waals surface area contributed by atoms with Gasteiger partial charge in [-0.25, -0.2) is 0 Å². The summed E-state index contributed by atoms with van der Waals surface area (Å²) in [5.74, 6) is 0.394. The van der Waals surface area contributed by atoms with Crippen LogP contribution in [0.3, 0.4) is 0 Å². The maximum Gasteiger partial charge on any atom is 0.294 e. The van der Waals surface area contributed by atoms with Crippen LogP contribution in [0.15, 0.2) is 23.1 Å². The summed E-state index contributed by atoms with van der Waals surface area (Å²) < 4.78 is 31.7. The average molecular weight is 268 g/mol. The van der Waals surface area contributed by atoms with E-state index in [2.05, 4.69) is 13.8 Å². The first-order valence-electron chi connectivity index (χ1n) is 6.05. The number of hydrogen-bond donors (Lipinski definition) is 1. The molecule has 0 aromatic heterocycles. The van der Waals surface area contributed by atoms with Gasteiger partial charge in [-0.15, -0.1) is 0 Å². The van der Waals surface area contributed by atoms with E-state index >= 15 is 0 Å². The Bertz CT molecular complexity index is 555. The van der Waals surface area contributed by atoms with Crippen molar-refractivity contribution in [1.29, 1.82) is 0 Å². The van der Waals surface area contributed by atoms with Crippen molar-refractivity contribution in [3.8, 4) is 0 Å². The second-order valence-corrected chi connectivity index (χ2v) is 6.14. The predicted molar refractivity (Wildman–Crippen MR) is 74.2 cm³/mol. The highest BCUT2D eigenvalue weighted by Crippen LogP contribution is 2.22. The van der Waals surface area contributed by atoms with E-state index in [9.17, 15) is 13.0 Å². The molecule has 0 amide bonds. The zero-order valence-corrected chi connectivity index (χ0v) is 12.1. The highest BCUT2D eigenvalue weighted by atomic mass is 32.2. The molecule has 0 fully saturated rings. The lowest BCUT2D eigenvalue weighted by molar-refractivity contribution is 0.482. The van der Waals surface area contributed by atoms with E-state index in [-0.39, 0.29) is 4.90 Å². The van der Waals surface area contributed by atoms with Crippen LogP contribution in [-0.2, 0) is 16.5 Å². The summed E-state index contributed by atoms with van der Waals surface area (Å²) in [5.41, 5.74) is 2.51. The van der Waals surface area contributed by atoms with E-state index in [0.717, 1.165) is 17.5 Å². The van der Waals surface area contributed by atoms with Gasteiger partial charge >= 0.3 is 0 Å². The van der Waals surface area contributed by atoms with Gasteiger partial charge in [0, 0.05) is 0 Å². The van der Waals surface area contributed by atoms with E-state index in [1.807, 2.05) is 25.1 Å². The molecule has 0 atom stereocenters. The number of rotatable bonds is 4. The Morgan fingerprint density at radius 2 is 1.94 bits per heavy atom. The first-order chi connectivity index (χ1) is 8.25. The van der Waals surface area contributed by atoms with E-state index in [1.54, 1.807) is 13.0 Å². The molecule has 0 unspecified atom stereocenters. The topological polar surface area (TPSA) is 54.4 Å². The highest BCUT2D eigenvalue weighted by Gasteiger charge is 2.15. The van der Waals surface area contributed by atoms with Crippen LogP contribution >= 0.6 is 0 Å². The molecule has 0 aliphatic heterocycles. The van der Waals surface area contributed by atoms with E-state index in [1.165, 1.54) is 0 Å². The molecular weight excluding hydrogens is 248 g/mol. The van der Waals surface area contributed by atoms with Crippen LogP contribution in [0.25, 0.3) is 6.08 Å². The minimum Gasteiger partial charge on any atom is -0.282 e. The van der Waals surface area contributed by atoms with Gasteiger partial charge in [0.25, 0.3) is 10.1 Å². The summed E-state index contributed by atoms with van der Waals surface area (Å²) in [6.45, 7) is 7.83. The van der Waals surface area contributed by atoms with Gasteiger partial charge in [0.2, 0.25) is 0 Å². The van der Waals surface area contributed by atoms with Crippen molar-refractivity contribution in [2.45, 2.75) is 39.0 Å². The zero-order valence-electron chi connectivity index (χ0n) is 11.3. The normalized spacial score (nSPS) is 12.6. The average Bonchev–Trinajstić information content (AvgIpc) is 2.24. The monoisotopic (exact) mass is 268 g/mol. The molecule has 0 saturated heterocycles. The molecular formula is C14H20O3S. The van der Waals surface area contributed by atoms with Gasteiger partial charge < -0.3 is 0 Å². The minimum atomic E-state index is -4.15. The van der Waals surface area contributed by atoms with Crippen LogP contribution in [0, 0.1) is 12.8 Å². The third-order valence-electron chi connectivity index (χ3n) is 2.76. The van der Waals surface area contributed by atoms with E-state index in [0.29, 0.717) is 11.5 Å². The SMILES string of the molecule is CCc1cc(C)c(S(=O)(=O)O)cc1C=CC(C)C. The zero-order chi connectivity index (χ0) is 13.9. The lowest BCUT2D eigenvalue weighted by Gasteiger charge is -2.10. The Morgan fingerprint density at radius 3 is 2.39 bits per heavy atom. The molecule has 0 heterocycles. The lowest BCUT2D eigenvalue weighted by atomic mass is 10.0. The van der Waals surface area contributed by atoms with Crippen LogP contribution in [0.4, 0.5) is 0 Å². The first-order valence-corrected chi connectivity index (χ1v) is 7.49. The fraction of sp³-hybridized carbons (Fsp3) is 0.429. The van der Waals surface area contributed by atoms with Crippen molar-refractivity contribution in [2.24, 2.45) is 5.92 Å². The summed E-state index contributed by atoms with van der Waals surface area (Å²) in [7, 11) is -4.15. The van der Waals surface area contributed by atoms with E-state index < -0.39 is 10.1 Å². The van der Waals surface area contributed by atoms with Crippen molar-refractivity contribution < 1.29 is 13.0 Å². The van der Waals surface area contributed by atoms with Gasteiger partial charge in [-0.3, -0.25) is 4.55 Å². The second kappa shape index (κ2) is 5.67. The van der Waals surface area contributed by atoms with Gasteiger partial charge in [0.05, 0.1) is 4.90 Å². The molecule has 0 aliphatic carbocycles. The highest BCUT2D eigenvalue weighted by molar-refractivity contribution is 7.85. The van der Waals surface area contributed by atoms with E-state index in [4.69, 9.17) is 0 Å². The molecule has 1 rings (SSSR count). The molecule has 100 valence electrons. The van der Waals surface area contributed by atoms with Gasteiger partial charge in [0.1, 0.15) is 0 Å². The van der Waals surface area contributed by atoms with Crippen LogP contribution in [0.5, 0.6) is 0 Å². The van der Waals surface area contributed by atoms with Gasteiger partial charge in [-0.05, 0) is 42.0 Å². The molecule has 1 aromatic rings. The van der Waals surface area contributed by atoms with Gasteiger partial charge in [-0.2, -0.15) is 8.42 Å². The maximum atomic E-state index is 11.3. The molecule has 0 aliphatic rings. The maximum absolute atomic E-state index is 11.3. The van der Waals surface area contributed by atoms with Gasteiger partial charge in [0.15, 0.2) is 0 Å². The molecule has 0 bridgehead atoms. The third kappa shape index (κ3) is 3.68. The van der Waals surface area contributed by atoms with Gasteiger partial charge in [-0.1, -0.05) is 39.0 Å². The van der Waals surface area contributed by atoms with Crippen LogP contribution in [0.2, 0.25) is 0 Å². The first kappa shape index (κ1) is 14.9. The second-order valence-electron chi connectivity index (χ2n) is 4.75. The molecule has 4 heteroatoms. The number of allylic oxidation sites excluding steroid dienone is 1. The minimum absolute atomic E-state index is 0.0110. The Kier molecular flexibility index (Phi) is 4.71. The summed E-state index contributed by atoms with van der Waals surface area (Å²) in [5, 5.41) is 0. The molecule has 18 heavy (non-hydrogen) atoms. The van der Waals surface area contributed by atoms with Crippen molar-refractivity contribution >= 4 is 16.2 Å². The smallest absolute Gasteiger partial charge is 0.282 e. The molecule has 1 aromatic carbocycles. The van der Waals surface area contributed by atoms with Crippen molar-refractivity contribution in [3.05, 3.63) is 34.9 Å². The molecule has 1 N–H and O–H groups in total. The van der Waals surface area contributed by atoms with Crippen LogP contribution < -0.4 is 0 Å². The van der Waals surface area contributed by atoms with Crippen molar-refractivity contribution in [1.82, 2.24) is 0 Å². The fourth-order valence-electron chi connectivity index (χ4n) is 1.80. The van der Waals surface area contributed by atoms with Crippen LogP contribution in [-0.4, -0.2) is 13.0 Å². The Morgan fingerprint density at radius 1 is 1.33 bits per heavy atom. The predicted octanol–water partition coefficient (Wildman–Crippen LogP) is 3.47. The summed E-state index contributed by atoms with van der Waals surface area (Å²) >= 11 is 0. The molecule has 0 radical (unpaired) electrons. The van der Waals surface area contributed by atoms with Crippen molar-refractivity contribution in [3.63, 3.8) is 0 Å². The molecule has 3 nitrogen and oxygen atoms in total. The molecule has 0 spiro atoms. The summed E-state index contributed by atoms with van der Waals surface area (Å²) in [4.78, 5) is -0.0110. The van der Waals surface area contributed by atoms with Crippen LogP contribution in [0.1, 0.15) is 37.5 Å². The van der Waals surface area contributed by atoms with Crippen molar-refractivity contribution in [2.75, 3.05) is 0 Å². The summed E-state index contributed by atoms with van der Waals surface area (Å²) in [6.07, 6.45) is 4.75. The Labute approximate surface area is 109 Å². The number of benzene rings is 1. The largest absolute Gasteiger partial charge is 0.294 e. The summed E-state index contributed by atoms with van der Waals surface area (Å²) in [6, 6.07) is 3.37. The number of hydrogen-bond acceptors (Lipinski definition) is 2. The lowest BCUT2D eigenvalue weighted by Crippen LogP contribution is -2.03. The third-order valence-corrected chi connectivity index (χ3v) is 3.75. The standard InChI is InChI=1S/C14H20O3S/c1-5-12-8-11(4)14(18(15,16)17)9-13(12)7-6-10(2)3/h6-10H,5H2,1-4H3,(H,15,16,17).